The van der Waals surface area contributed by atoms with Crippen LogP contribution in [0.5, 0.6) is 0 Å². The summed E-state index contributed by atoms with van der Waals surface area (Å²) in [6.45, 7) is 3.90. The van der Waals surface area contributed by atoms with Crippen LogP contribution in [0.2, 0.25) is 10.0 Å². The second-order valence-electron chi connectivity index (χ2n) is 5.44. The molecule has 0 aromatic heterocycles. The first-order valence-electron chi connectivity index (χ1n) is 7.27. The summed E-state index contributed by atoms with van der Waals surface area (Å²) >= 11 is 12.8. The van der Waals surface area contributed by atoms with E-state index in [-0.39, 0.29) is 30.2 Å². The molecular formula is C16H16Cl2N2O3S. The number of nitrogens with zero attached hydrogens (tertiary/aromatic N) is 1. The molecule has 1 aliphatic heterocycles. The molecule has 0 atom stereocenters. The smallest absolute Gasteiger partial charge is 0.293 e. The van der Waals surface area contributed by atoms with Gasteiger partial charge < -0.3 is 5.32 Å². The number of amides is 3. The Kier molecular flexibility index (Phi) is 6.32. The molecule has 1 aromatic carbocycles. The Bertz CT molecular complexity index is 719. The molecule has 1 saturated heterocycles. The summed E-state index contributed by atoms with van der Waals surface area (Å²) in [7, 11) is 0. The van der Waals surface area contributed by atoms with E-state index in [0.717, 1.165) is 16.7 Å². The van der Waals surface area contributed by atoms with Gasteiger partial charge in [-0.15, -0.1) is 0 Å². The molecule has 5 nitrogen and oxygen atoms in total. The highest BCUT2D eigenvalue weighted by molar-refractivity contribution is 8.18. The van der Waals surface area contributed by atoms with Crippen LogP contribution in [0.4, 0.5) is 4.79 Å². The summed E-state index contributed by atoms with van der Waals surface area (Å²) in [6.07, 6.45) is 1.57. The van der Waals surface area contributed by atoms with Crippen molar-refractivity contribution in [3.8, 4) is 0 Å². The fourth-order valence-corrected chi connectivity index (χ4v) is 3.27. The van der Waals surface area contributed by atoms with Crippen molar-refractivity contribution in [3.63, 3.8) is 0 Å². The van der Waals surface area contributed by atoms with Gasteiger partial charge in [0, 0.05) is 29.1 Å². The molecule has 0 spiro atoms. The predicted molar refractivity (Wildman–Crippen MR) is 97.0 cm³/mol. The molecule has 0 aliphatic carbocycles. The zero-order valence-corrected chi connectivity index (χ0v) is 15.5. The maximum Gasteiger partial charge on any atom is 0.293 e. The summed E-state index contributed by atoms with van der Waals surface area (Å²) in [4.78, 5) is 37.2. The van der Waals surface area contributed by atoms with Crippen LogP contribution in [-0.4, -0.2) is 35.0 Å². The van der Waals surface area contributed by atoms with Gasteiger partial charge in [0.15, 0.2) is 0 Å². The maximum atomic E-state index is 12.3. The first-order chi connectivity index (χ1) is 11.3. The third-order valence-corrected chi connectivity index (χ3v) is 4.75. The van der Waals surface area contributed by atoms with Crippen LogP contribution in [0.3, 0.4) is 0 Å². The van der Waals surface area contributed by atoms with Gasteiger partial charge >= 0.3 is 0 Å². The van der Waals surface area contributed by atoms with E-state index in [2.05, 4.69) is 5.32 Å². The van der Waals surface area contributed by atoms with E-state index >= 15 is 0 Å². The highest BCUT2D eigenvalue weighted by Crippen LogP contribution is 2.33. The Labute approximate surface area is 154 Å². The van der Waals surface area contributed by atoms with Gasteiger partial charge in [0.1, 0.15) is 0 Å². The molecule has 8 heteroatoms. The standard InChI is InChI=1S/C16H16Cl2N2O3S/c1-9(2)14(21)19-5-6-20-15(22)13(24-16(20)23)7-10-3-4-11(17)8-12(10)18/h3-4,7-9H,5-6H2,1-2H3,(H,19,21)/b13-7-. The van der Waals surface area contributed by atoms with E-state index in [9.17, 15) is 14.4 Å². The van der Waals surface area contributed by atoms with Crippen molar-refractivity contribution in [1.82, 2.24) is 10.2 Å². The van der Waals surface area contributed by atoms with Gasteiger partial charge in [-0.25, -0.2) is 0 Å². The van der Waals surface area contributed by atoms with Crippen molar-refractivity contribution in [1.29, 1.82) is 0 Å². The van der Waals surface area contributed by atoms with Crippen molar-refractivity contribution in [2.75, 3.05) is 13.1 Å². The van der Waals surface area contributed by atoms with Crippen LogP contribution >= 0.6 is 35.0 Å². The van der Waals surface area contributed by atoms with Crippen LogP contribution in [-0.2, 0) is 9.59 Å². The van der Waals surface area contributed by atoms with Crippen LogP contribution in [0.1, 0.15) is 19.4 Å². The zero-order chi connectivity index (χ0) is 17.9. The van der Waals surface area contributed by atoms with E-state index in [4.69, 9.17) is 23.2 Å². The van der Waals surface area contributed by atoms with Crippen molar-refractivity contribution >= 4 is 58.1 Å². The molecule has 0 radical (unpaired) electrons. The Balaban J connectivity index is 2.05. The fourth-order valence-electron chi connectivity index (χ4n) is 1.95. The molecular weight excluding hydrogens is 371 g/mol. The van der Waals surface area contributed by atoms with Crippen LogP contribution < -0.4 is 5.32 Å². The Morgan fingerprint density at radius 2 is 2.04 bits per heavy atom. The summed E-state index contributed by atoms with van der Waals surface area (Å²) in [5, 5.41) is 3.21. The number of hydrogen-bond acceptors (Lipinski definition) is 4. The molecule has 0 saturated carbocycles. The fraction of sp³-hybridized carbons (Fsp3) is 0.312. The average molecular weight is 387 g/mol. The zero-order valence-electron chi connectivity index (χ0n) is 13.1. The van der Waals surface area contributed by atoms with Gasteiger partial charge in [0.05, 0.1) is 4.91 Å². The van der Waals surface area contributed by atoms with Gasteiger partial charge in [-0.1, -0.05) is 43.1 Å². The van der Waals surface area contributed by atoms with Gasteiger partial charge in [-0.3, -0.25) is 19.3 Å². The normalized spacial score (nSPS) is 16.4. The minimum absolute atomic E-state index is 0.120. The highest BCUT2D eigenvalue weighted by atomic mass is 35.5. The van der Waals surface area contributed by atoms with Crippen LogP contribution in [0, 0.1) is 5.92 Å². The molecule has 24 heavy (non-hydrogen) atoms. The largest absolute Gasteiger partial charge is 0.354 e. The van der Waals surface area contributed by atoms with E-state index in [1.807, 2.05) is 0 Å². The highest BCUT2D eigenvalue weighted by Gasteiger charge is 2.34. The van der Waals surface area contributed by atoms with Crippen molar-refractivity contribution < 1.29 is 14.4 Å². The van der Waals surface area contributed by atoms with Crippen molar-refractivity contribution in [2.45, 2.75) is 13.8 Å². The summed E-state index contributed by atoms with van der Waals surface area (Å²) < 4.78 is 0. The number of nitrogens with one attached hydrogen (secondary N) is 1. The number of rotatable bonds is 5. The lowest BCUT2D eigenvalue weighted by molar-refractivity contribution is -0.125. The molecule has 2 rings (SSSR count). The van der Waals surface area contributed by atoms with Crippen LogP contribution in [0.25, 0.3) is 6.08 Å². The number of imide groups is 1. The lowest BCUT2D eigenvalue weighted by Crippen LogP contribution is -2.38. The number of thioether (sulfide) groups is 1. The Hall–Kier alpha value is -1.50. The number of carbonyl (C=O) groups is 3. The molecule has 1 aromatic rings. The monoisotopic (exact) mass is 386 g/mol. The average Bonchev–Trinajstić information content (AvgIpc) is 2.77. The van der Waals surface area contributed by atoms with E-state index < -0.39 is 5.91 Å². The minimum atomic E-state index is -0.394. The molecule has 1 aliphatic rings. The topological polar surface area (TPSA) is 66.5 Å². The lowest BCUT2D eigenvalue weighted by Gasteiger charge is -2.13. The first kappa shape index (κ1) is 18.8. The van der Waals surface area contributed by atoms with Crippen molar-refractivity contribution in [3.05, 3.63) is 38.7 Å². The number of carbonyl (C=O) groups excluding carboxylic acids is 3. The SMILES string of the molecule is CC(C)C(=O)NCCN1C(=O)S/C(=C\c2ccc(Cl)cc2Cl)C1=O. The Morgan fingerprint density at radius 1 is 1.33 bits per heavy atom. The predicted octanol–water partition coefficient (Wildman–Crippen LogP) is 3.80. The van der Waals surface area contributed by atoms with Crippen molar-refractivity contribution in [2.24, 2.45) is 5.92 Å². The summed E-state index contributed by atoms with van der Waals surface area (Å²) in [6, 6.07) is 4.91. The van der Waals surface area contributed by atoms with Gasteiger partial charge in [-0.05, 0) is 35.5 Å². The Morgan fingerprint density at radius 3 is 2.67 bits per heavy atom. The van der Waals surface area contributed by atoms with E-state index in [1.165, 1.54) is 0 Å². The molecule has 1 heterocycles. The first-order valence-corrected chi connectivity index (χ1v) is 8.85. The lowest BCUT2D eigenvalue weighted by atomic mass is 10.2. The number of halogens is 2. The molecule has 128 valence electrons. The molecule has 0 bridgehead atoms. The molecule has 3 amide bonds. The maximum absolute atomic E-state index is 12.3. The second-order valence-corrected chi connectivity index (χ2v) is 7.28. The third kappa shape index (κ3) is 4.53. The van der Waals surface area contributed by atoms with E-state index in [0.29, 0.717) is 20.5 Å². The third-order valence-electron chi connectivity index (χ3n) is 3.28. The second kappa shape index (κ2) is 8.05. The minimum Gasteiger partial charge on any atom is -0.354 e. The van der Waals surface area contributed by atoms with Crippen LogP contribution in [0.15, 0.2) is 23.1 Å². The summed E-state index contributed by atoms with van der Waals surface area (Å²) in [5.74, 6) is -0.660. The summed E-state index contributed by atoms with van der Waals surface area (Å²) in [5.41, 5.74) is 0.611. The molecule has 1 N–H and O–H groups in total. The molecule has 1 fully saturated rings. The van der Waals surface area contributed by atoms with Gasteiger partial charge in [0.25, 0.3) is 11.1 Å². The molecule has 0 unspecified atom stereocenters. The van der Waals surface area contributed by atoms with E-state index in [1.54, 1.807) is 38.1 Å². The van der Waals surface area contributed by atoms with Gasteiger partial charge in [-0.2, -0.15) is 0 Å². The van der Waals surface area contributed by atoms with Gasteiger partial charge in [0.2, 0.25) is 5.91 Å². The number of hydrogen-bond donors (Lipinski definition) is 1. The quantitative estimate of drug-likeness (QED) is 0.781. The number of benzene rings is 1.